The number of esters is 1. The zero-order valence-electron chi connectivity index (χ0n) is 11.1. The Labute approximate surface area is 116 Å². The highest BCUT2D eigenvalue weighted by Crippen LogP contribution is 2.27. The monoisotopic (exact) mass is 280 g/mol. The minimum atomic E-state index is -1.12. The van der Waals surface area contributed by atoms with E-state index in [-0.39, 0.29) is 17.9 Å². The van der Waals surface area contributed by atoms with Gasteiger partial charge in [0.05, 0.1) is 13.2 Å². The highest BCUT2D eigenvalue weighted by molar-refractivity contribution is 5.91. The molecule has 1 atom stereocenters. The largest absolute Gasteiger partial charge is 0.493 e. The first kappa shape index (κ1) is 14.2. The molecule has 0 aliphatic carbocycles. The number of hydrogen-bond acceptors (Lipinski definition) is 5. The van der Waals surface area contributed by atoms with E-state index in [9.17, 15) is 9.59 Å². The zero-order valence-corrected chi connectivity index (χ0v) is 11.1. The Hall–Kier alpha value is -2.24. The van der Waals surface area contributed by atoms with Crippen molar-refractivity contribution >= 4 is 11.9 Å². The van der Waals surface area contributed by atoms with Crippen molar-refractivity contribution in [3.8, 4) is 11.5 Å². The lowest BCUT2D eigenvalue weighted by Gasteiger charge is -2.14. The Bertz CT molecular complexity index is 510. The van der Waals surface area contributed by atoms with Crippen LogP contribution in [0.25, 0.3) is 0 Å². The number of carboxylic acid groups (broad SMARTS) is 1. The van der Waals surface area contributed by atoms with Gasteiger partial charge < -0.3 is 19.3 Å². The molecule has 0 spiro atoms. The number of aromatic carboxylic acids is 1. The van der Waals surface area contributed by atoms with E-state index >= 15 is 0 Å². The Morgan fingerprint density at radius 2 is 2.30 bits per heavy atom. The fourth-order valence-electron chi connectivity index (χ4n) is 1.82. The molecule has 1 fully saturated rings. The number of benzene rings is 1. The number of carbonyl (C=O) groups is 2. The molecule has 0 radical (unpaired) electrons. The molecule has 1 aromatic carbocycles. The molecule has 0 aromatic heterocycles. The van der Waals surface area contributed by atoms with Gasteiger partial charge in [-0.2, -0.15) is 0 Å². The maximum absolute atomic E-state index is 11.4. The van der Waals surface area contributed by atoms with Gasteiger partial charge in [-0.3, -0.25) is 0 Å². The smallest absolute Gasteiger partial charge is 0.347 e. The molecule has 1 heterocycles. The fraction of sp³-hybridized carbons (Fsp3) is 0.429. The van der Waals surface area contributed by atoms with Crippen LogP contribution in [-0.4, -0.2) is 36.4 Å². The van der Waals surface area contributed by atoms with Crippen molar-refractivity contribution in [2.75, 3.05) is 13.2 Å². The molecule has 6 nitrogen and oxygen atoms in total. The van der Waals surface area contributed by atoms with Crippen LogP contribution in [0.3, 0.4) is 0 Å². The second-order valence-corrected chi connectivity index (χ2v) is 4.37. The van der Waals surface area contributed by atoms with Crippen molar-refractivity contribution < 1.29 is 28.9 Å². The topological polar surface area (TPSA) is 82.1 Å². The Balaban J connectivity index is 2.22. The summed E-state index contributed by atoms with van der Waals surface area (Å²) in [4.78, 5) is 22.6. The van der Waals surface area contributed by atoms with E-state index in [1.807, 2.05) is 6.92 Å². The zero-order chi connectivity index (χ0) is 14.5. The summed E-state index contributed by atoms with van der Waals surface area (Å²) in [6.45, 7) is 2.78. The molecule has 0 amide bonds. The molecule has 1 aliphatic rings. The van der Waals surface area contributed by atoms with Crippen molar-refractivity contribution in [3.63, 3.8) is 0 Å². The van der Waals surface area contributed by atoms with Gasteiger partial charge in [0, 0.05) is 12.5 Å². The lowest BCUT2D eigenvalue weighted by molar-refractivity contribution is -0.143. The third-order valence-electron chi connectivity index (χ3n) is 2.81. The number of ether oxygens (including phenoxy) is 3. The van der Waals surface area contributed by atoms with Crippen molar-refractivity contribution in [3.05, 3.63) is 23.8 Å². The first-order chi connectivity index (χ1) is 9.61. The first-order valence-corrected chi connectivity index (χ1v) is 6.45. The van der Waals surface area contributed by atoms with Crippen LogP contribution in [-0.2, 0) is 9.53 Å². The first-order valence-electron chi connectivity index (χ1n) is 6.45. The quantitative estimate of drug-likeness (QED) is 0.801. The lowest BCUT2D eigenvalue weighted by Crippen LogP contribution is -2.22. The van der Waals surface area contributed by atoms with Crippen LogP contribution in [0.15, 0.2) is 18.2 Å². The third kappa shape index (κ3) is 3.20. The number of hydrogen-bond donors (Lipinski definition) is 1. The summed E-state index contributed by atoms with van der Waals surface area (Å²) >= 11 is 0. The standard InChI is InChI=1S/C14H16O6/c1-2-6-18-9-3-4-10(13(15)16)12(8-9)20-11-5-7-19-14(11)17/h3-4,8,11H,2,5-7H2,1H3,(H,15,16). The van der Waals surface area contributed by atoms with Gasteiger partial charge in [-0.15, -0.1) is 0 Å². The summed E-state index contributed by atoms with van der Waals surface area (Å²) in [6, 6.07) is 4.46. The van der Waals surface area contributed by atoms with Crippen LogP contribution >= 0.6 is 0 Å². The molecule has 1 aromatic rings. The van der Waals surface area contributed by atoms with Gasteiger partial charge in [0.1, 0.15) is 17.1 Å². The van der Waals surface area contributed by atoms with Crippen molar-refractivity contribution in [2.24, 2.45) is 0 Å². The average molecular weight is 280 g/mol. The number of carboxylic acids is 1. The molecular weight excluding hydrogens is 264 g/mol. The van der Waals surface area contributed by atoms with Crippen molar-refractivity contribution in [1.29, 1.82) is 0 Å². The van der Waals surface area contributed by atoms with Gasteiger partial charge in [-0.1, -0.05) is 6.92 Å². The molecule has 6 heteroatoms. The second kappa shape index (κ2) is 6.27. The second-order valence-electron chi connectivity index (χ2n) is 4.37. The molecular formula is C14H16O6. The Kier molecular flexibility index (Phi) is 4.45. The molecule has 108 valence electrons. The van der Waals surface area contributed by atoms with E-state index in [2.05, 4.69) is 0 Å². The maximum atomic E-state index is 11.4. The molecule has 20 heavy (non-hydrogen) atoms. The van der Waals surface area contributed by atoms with E-state index in [1.54, 1.807) is 6.07 Å². The average Bonchev–Trinajstić information content (AvgIpc) is 2.82. The van der Waals surface area contributed by atoms with Gasteiger partial charge in [0.2, 0.25) is 0 Å². The summed E-state index contributed by atoms with van der Waals surface area (Å²) in [5, 5.41) is 9.14. The predicted molar refractivity (Wildman–Crippen MR) is 69.2 cm³/mol. The molecule has 0 bridgehead atoms. The predicted octanol–water partition coefficient (Wildman–Crippen LogP) is 1.87. The van der Waals surface area contributed by atoms with E-state index < -0.39 is 18.0 Å². The van der Waals surface area contributed by atoms with E-state index in [4.69, 9.17) is 19.3 Å². The molecule has 2 rings (SSSR count). The SMILES string of the molecule is CCCOc1ccc(C(=O)O)c(OC2CCOC2=O)c1. The van der Waals surface area contributed by atoms with E-state index in [0.717, 1.165) is 6.42 Å². The van der Waals surface area contributed by atoms with Crippen LogP contribution in [0.2, 0.25) is 0 Å². The van der Waals surface area contributed by atoms with Crippen LogP contribution < -0.4 is 9.47 Å². The highest BCUT2D eigenvalue weighted by atomic mass is 16.6. The molecule has 1 N–H and O–H groups in total. The third-order valence-corrected chi connectivity index (χ3v) is 2.81. The van der Waals surface area contributed by atoms with Gasteiger partial charge in [0.25, 0.3) is 0 Å². The highest BCUT2D eigenvalue weighted by Gasteiger charge is 2.29. The summed E-state index contributed by atoms with van der Waals surface area (Å²) < 4.78 is 15.7. The Morgan fingerprint density at radius 1 is 1.50 bits per heavy atom. The minimum absolute atomic E-state index is 0.00597. The number of carbonyl (C=O) groups excluding carboxylic acids is 1. The number of rotatable bonds is 6. The van der Waals surface area contributed by atoms with Gasteiger partial charge in [0.15, 0.2) is 6.10 Å². The fourth-order valence-corrected chi connectivity index (χ4v) is 1.82. The van der Waals surface area contributed by atoms with Crippen LogP contribution in [0.4, 0.5) is 0 Å². The van der Waals surface area contributed by atoms with E-state index in [1.165, 1.54) is 12.1 Å². The Morgan fingerprint density at radius 3 is 2.90 bits per heavy atom. The van der Waals surface area contributed by atoms with Crippen LogP contribution in [0, 0.1) is 0 Å². The summed E-state index contributed by atoms with van der Waals surface area (Å²) in [5.74, 6) is -0.956. The van der Waals surface area contributed by atoms with E-state index in [0.29, 0.717) is 18.8 Å². The molecule has 1 aliphatic heterocycles. The van der Waals surface area contributed by atoms with Crippen molar-refractivity contribution in [1.82, 2.24) is 0 Å². The summed E-state index contributed by atoms with van der Waals surface area (Å²) in [7, 11) is 0. The van der Waals surface area contributed by atoms with Gasteiger partial charge in [-0.05, 0) is 18.6 Å². The normalized spacial score (nSPS) is 17.6. The van der Waals surface area contributed by atoms with Crippen LogP contribution in [0.1, 0.15) is 30.1 Å². The summed E-state index contributed by atoms with van der Waals surface area (Å²) in [6.07, 6.45) is 0.499. The molecule has 0 saturated carbocycles. The van der Waals surface area contributed by atoms with Crippen molar-refractivity contribution in [2.45, 2.75) is 25.9 Å². The minimum Gasteiger partial charge on any atom is -0.493 e. The molecule has 1 unspecified atom stereocenters. The van der Waals surface area contributed by atoms with Crippen LogP contribution in [0.5, 0.6) is 11.5 Å². The molecule has 1 saturated heterocycles. The lowest BCUT2D eigenvalue weighted by atomic mass is 10.2. The summed E-state index contributed by atoms with van der Waals surface area (Å²) in [5.41, 5.74) is -0.00597. The maximum Gasteiger partial charge on any atom is 0.347 e. The number of cyclic esters (lactones) is 1. The van der Waals surface area contributed by atoms with Gasteiger partial charge >= 0.3 is 11.9 Å². The van der Waals surface area contributed by atoms with Gasteiger partial charge in [-0.25, -0.2) is 9.59 Å².